The Morgan fingerprint density at radius 2 is 2.06 bits per heavy atom. The number of ether oxygens (including phenoxy) is 4. The molecule has 5 nitrogen and oxygen atoms in total. The molecular weight excluding hydrogens is 236 g/mol. The number of rotatable bonds is 5. The molecule has 0 unspecified atom stereocenters. The average molecular weight is 252 g/mol. The highest BCUT2D eigenvalue weighted by Crippen LogP contribution is 2.12. The lowest BCUT2D eigenvalue weighted by Gasteiger charge is -2.25. The molecule has 2 rings (SSSR count). The van der Waals surface area contributed by atoms with E-state index in [-0.39, 0.29) is 6.79 Å². The fourth-order valence-corrected chi connectivity index (χ4v) is 1.42. The zero-order valence-electron chi connectivity index (χ0n) is 10.3. The zero-order chi connectivity index (χ0) is 12.8. The first-order valence-electron chi connectivity index (χ1n) is 5.81. The van der Waals surface area contributed by atoms with Crippen molar-refractivity contribution in [3.63, 3.8) is 0 Å². The summed E-state index contributed by atoms with van der Waals surface area (Å²) in [4.78, 5) is 11.3. The molecule has 0 bridgehead atoms. The molecule has 1 aliphatic heterocycles. The summed E-state index contributed by atoms with van der Waals surface area (Å²) in [5.74, 6) is 0.875. The third kappa shape index (κ3) is 4.01. The van der Waals surface area contributed by atoms with E-state index in [9.17, 15) is 4.79 Å². The van der Waals surface area contributed by atoms with Crippen LogP contribution in [0.5, 0.6) is 5.75 Å². The van der Waals surface area contributed by atoms with Gasteiger partial charge in [0.1, 0.15) is 5.75 Å². The number of hydrogen-bond donors (Lipinski definition) is 0. The van der Waals surface area contributed by atoms with E-state index in [0.29, 0.717) is 31.5 Å². The van der Waals surface area contributed by atoms with Crippen LogP contribution in [-0.2, 0) is 14.2 Å². The first-order chi connectivity index (χ1) is 8.74. The summed E-state index contributed by atoms with van der Waals surface area (Å²) in [6, 6.07) is 7.14. The summed E-state index contributed by atoms with van der Waals surface area (Å²) in [5, 5.41) is 0. The minimum Gasteiger partial charge on any atom is -0.407 e. The number of carbonyl (C=O) groups excluding carboxylic acids is 1. The topological polar surface area (TPSA) is 54.0 Å². The van der Waals surface area contributed by atoms with Crippen LogP contribution in [0.1, 0.15) is 5.56 Å². The van der Waals surface area contributed by atoms with Crippen LogP contribution >= 0.6 is 0 Å². The normalized spacial score (nSPS) is 14.9. The van der Waals surface area contributed by atoms with E-state index >= 15 is 0 Å². The molecule has 1 heterocycles. The molecule has 0 atom stereocenters. The van der Waals surface area contributed by atoms with Gasteiger partial charge in [-0.2, -0.15) is 0 Å². The lowest BCUT2D eigenvalue weighted by Crippen LogP contribution is -2.32. The molecule has 0 amide bonds. The Morgan fingerprint density at radius 3 is 2.67 bits per heavy atom. The molecule has 18 heavy (non-hydrogen) atoms. The summed E-state index contributed by atoms with van der Waals surface area (Å²) >= 11 is 0. The third-order valence-corrected chi connectivity index (χ3v) is 2.54. The van der Waals surface area contributed by atoms with E-state index in [2.05, 4.69) is 0 Å². The molecule has 0 radical (unpaired) electrons. The van der Waals surface area contributed by atoms with Crippen LogP contribution in [0.4, 0.5) is 4.79 Å². The van der Waals surface area contributed by atoms with Crippen LogP contribution in [0.15, 0.2) is 24.3 Å². The second-order valence-corrected chi connectivity index (χ2v) is 4.20. The van der Waals surface area contributed by atoms with Gasteiger partial charge in [-0.15, -0.1) is 0 Å². The van der Waals surface area contributed by atoms with E-state index in [4.69, 9.17) is 18.9 Å². The maximum Gasteiger partial charge on any atom is 0.515 e. The summed E-state index contributed by atoms with van der Waals surface area (Å²) in [6.45, 7) is 3.83. The number of aryl methyl sites for hydroxylation is 1. The molecule has 0 saturated carbocycles. The maximum atomic E-state index is 11.3. The predicted molar refractivity (Wildman–Crippen MR) is 63.4 cm³/mol. The Bertz CT molecular complexity index is 383. The van der Waals surface area contributed by atoms with Crippen molar-refractivity contribution in [1.82, 2.24) is 0 Å². The van der Waals surface area contributed by atoms with Crippen molar-refractivity contribution in [3.05, 3.63) is 29.8 Å². The molecule has 1 aromatic rings. The predicted octanol–water partition coefficient (Wildman–Crippen LogP) is 2.13. The lowest BCUT2D eigenvalue weighted by atomic mass is 10.1. The van der Waals surface area contributed by atoms with E-state index in [1.165, 1.54) is 0 Å². The van der Waals surface area contributed by atoms with Crippen molar-refractivity contribution >= 4 is 6.16 Å². The highest BCUT2D eigenvalue weighted by Gasteiger charge is 2.18. The van der Waals surface area contributed by atoms with Crippen LogP contribution in [-0.4, -0.2) is 32.8 Å². The SMILES string of the molecule is Cc1ccc(OC(=O)OCOCC2COC2)cc1. The molecule has 1 aromatic carbocycles. The first kappa shape index (κ1) is 12.9. The molecule has 0 aliphatic carbocycles. The highest BCUT2D eigenvalue weighted by atomic mass is 16.8. The van der Waals surface area contributed by atoms with Gasteiger partial charge in [0.2, 0.25) is 0 Å². The molecule has 0 aromatic heterocycles. The van der Waals surface area contributed by atoms with Crippen LogP contribution in [0.2, 0.25) is 0 Å². The summed E-state index contributed by atoms with van der Waals surface area (Å²) in [7, 11) is 0. The highest BCUT2D eigenvalue weighted by molar-refractivity contribution is 5.63. The van der Waals surface area contributed by atoms with Gasteiger partial charge in [-0.05, 0) is 19.1 Å². The van der Waals surface area contributed by atoms with E-state index in [0.717, 1.165) is 5.56 Å². The van der Waals surface area contributed by atoms with Crippen molar-refractivity contribution in [3.8, 4) is 5.75 Å². The van der Waals surface area contributed by atoms with Crippen LogP contribution in [0.25, 0.3) is 0 Å². The van der Waals surface area contributed by atoms with Gasteiger partial charge in [0.15, 0.2) is 6.79 Å². The van der Waals surface area contributed by atoms with Gasteiger partial charge in [0.25, 0.3) is 0 Å². The Kier molecular flexibility index (Phi) is 4.55. The standard InChI is InChI=1S/C13H16O5/c1-10-2-4-12(5-3-10)18-13(14)17-9-16-8-11-6-15-7-11/h2-5,11H,6-9H2,1H3. The quantitative estimate of drug-likeness (QED) is 0.348. The maximum absolute atomic E-state index is 11.3. The van der Waals surface area contributed by atoms with Gasteiger partial charge < -0.3 is 18.9 Å². The summed E-state index contributed by atoms with van der Waals surface area (Å²) in [6.07, 6.45) is -0.760. The average Bonchev–Trinajstić information content (AvgIpc) is 2.29. The summed E-state index contributed by atoms with van der Waals surface area (Å²) < 4.78 is 19.9. The van der Waals surface area contributed by atoms with Gasteiger partial charge in [-0.3, -0.25) is 0 Å². The van der Waals surface area contributed by atoms with Crippen molar-refractivity contribution < 1.29 is 23.7 Å². The number of benzene rings is 1. The smallest absolute Gasteiger partial charge is 0.407 e. The van der Waals surface area contributed by atoms with Gasteiger partial charge >= 0.3 is 6.16 Å². The lowest BCUT2D eigenvalue weighted by molar-refractivity contribution is -0.103. The van der Waals surface area contributed by atoms with Crippen LogP contribution in [0.3, 0.4) is 0 Å². The van der Waals surface area contributed by atoms with Crippen molar-refractivity contribution in [2.75, 3.05) is 26.6 Å². The number of hydrogen-bond acceptors (Lipinski definition) is 5. The minimum atomic E-state index is -0.760. The van der Waals surface area contributed by atoms with Gasteiger partial charge in [-0.1, -0.05) is 17.7 Å². The number of carbonyl (C=O) groups is 1. The van der Waals surface area contributed by atoms with Crippen LogP contribution < -0.4 is 4.74 Å². The Hall–Kier alpha value is -1.59. The minimum absolute atomic E-state index is 0.0960. The Labute approximate surface area is 106 Å². The molecule has 1 saturated heterocycles. The van der Waals surface area contributed by atoms with Crippen LogP contribution in [0, 0.1) is 12.8 Å². The largest absolute Gasteiger partial charge is 0.515 e. The monoisotopic (exact) mass is 252 g/mol. The van der Waals surface area contributed by atoms with Crippen molar-refractivity contribution in [2.24, 2.45) is 5.92 Å². The first-order valence-corrected chi connectivity index (χ1v) is 5.81. The van der Waals surface area contributed by atoms with E-state index in [1.807, 2.05) is 19.1 Å². The zero-order valence-corrected chi connectivity index (χ0v) is 10.3. The van der Waals surface area contributed by atoms with Gasteiger partial charge in [0, 0.05) is 5.92 Å². The second kappa shape index (κ2) is 6.37. The molecule has 0 spiro atoms. The van der Waals surface area contributed by atoms with Crippen molar-refractivity contribution in [2.45, 2.75) is 6.92 Å². The summed E-state index contributed by atoms with van der Waals surface area (Å²) in [5.41, 5.74) is 1.10. The van der Waals surface area contributed by atoms with Gasteiger partial charge in [-0.25, -0.2) is 4.79 Å². The fourth-order valence-electron chi connectivity index (χ4n) is 1.42. The van der Waals surface area contributed by atoms with E-state index < -0.39 is 6.16 Å². The second-order valence-electron chi connectivity index (χ2n) is 4.20. The Balaban J connectivity index is 1.60. The molecule has 1 aliphatic rings. The molecule has 5 heteroatoms. The fraction of sp³-hybridized carbons (Fsp3) is 0.462. The van der Waals surface area contributed by atoms with Gasteiger partial charge in [0.05, 0.1) is 19.8 Å². The Morgan fingerprint density at radius 1 is 1.33 bits per heavy atom. The van der Waals surface area contributed by atoms with Crippen molar-refractivity contribution in [1.29, 1.82) is 0 Å². The molecule has 0 N–H and O–H groups in total. The molecule has 1 fully saturated rings. The third-order valence-electron chi connectivity index (χ3n) is 2.54. The molecule has 98 valence electrons. The molecular formula is C13H16O5. The van der Waals surface area contributed by atoms with E-state index in [1.54, 1.807) is 12.1 Å².